The Balaban J connectivity index is 1.68. The SMILES string of the molecule is CC(C)c1c(OC(=O)Nc2ccccc2Cl)ccc2c1CCC1C(C)(C)CCC[C@]21C. The molecule has 4 heteroatoms. The first-order valence-corrected chi connectivity index (χ1v) is 11.9. The molecule has 2 aromatic rings. The standard InChI is InChI=1S/C27H34ClNO2/c1-17(2)24-18-11-14-23-26(3,4)15-8-16-27(23,5)19(18)12-13-22(24)31-25(30)29-21-10-7-6-9-20(21)28/h6-7,9-10,12-13,17,23H,8,11,14-16H2,1-5H3,(H,29,30)/t23?,27-/m1/s1. The Bertz CT molecular complexity index is 997. The van der Waals surface area contributed by atoms with Gasteiger partial charge in [-0.05, 0) is 77.7 Å². The minimum Gasteiger partial charge on any atom is -0.410 e. The largest absolute Gasteiger partial charge is 0.417 e. The Morgan fingerprint density at radius 1 is 1.13 bits per heavy atom. The number of carbonyl (C=O) groups excluding carboxylic acids is 1. The fourth-order valence-electron chi connectivity index (χ4n) is 6.41. The van der Waals surface area contributed by atoms with E-state index in [0.29, 0.717) is 27.8 Å². The molecule has 2 aliphatic rings. The van der Waals surface area contributed by atoms with Crippen molar-refractivity contribution in [3.63, 3.8) is 0 Å². The summed E-state index contributed by atoms with van der Waals surface area (Å²) >= 11 is 6.18. The van der Waals surface area contributed by atoms with Gasteiger partial charge in [0.15, 0.2) is 0 Å². The smallest absolute Gasteiger partial charge is 0.410 e. The van der Waals surface area contributed by atoms with Gasteiger partial charge in [-0.1, -0.05) is 70.8 Å². The quantitative estimate of drug-likeness (QED) is 0.524. The van der Waals surface area contributed by atoms with E-state index >= 15 is 0 Å². The van der Waals surface area contributed by atoms with Crippen molar-refractivity contribution in [2.24, 2.45) is 11.3 Å². The first-order valence-electron chi connectivity index (χ1n) is 11.5. The Kier molecular flexibility index (Phi) is 5.85. The van der Waals surface area contributed by atoms with Crippen LogP contribution < -0.4 is 10.1 Å². The van der Waals surface area contributed by atoms with Gasteiger partial charge in [-0.15, -0.1) is 0 Å². The molecule has 1 N–H and O–H groups in total. The van der Waals surface area contributed by atoms with Crippen LogP contribution in [0.2, 0.25) is 5.02 Å². The highest BCUT2D eigenvalue weighted by atomic mass is 35.5. The van der Waals surface area contributed by atoms with Crippen LogP contribution in [0.5, 0.6) is 5.75 Å². The summed E-state index contributed by atoms with van der Waals surface area (Å²) in [7, 11) is 0. The maximum atomic E-state index is 12.7. The molecule has 0 radical (unpaired) electrons. The molecule has 166 valence electrons. The molecule has 1 saturated carbocycles. The van der Waals surface area contributed by atoms with Gasteiger partial charge in [0.1, 0.15) is 5.75 Å². The number of carbonyl (C=O) groups is 1. The zero-order valence-electron chi connectivity index (χ0n) is 19.3. The van der Waals surface area contributed by atoms with Gasteiger partial charge in [-0.25, -0.2) is 4.79 Å². The molecule has 0 spiro atoms. The number of rotatable bonds is 3. The average molecular weight is 440 g/mol. The summed E-state index contributed by atoms with van der Waals surface area (Å²) < 4.78 is 5.83. The molecule has 0 aromatic heterocycles. The molecular formula is C27H34ClNO2. The van der Waals surface area contributed by atoms with Crippen LogP contribution >= 0.6 is 11.6 Å². The first kappa shape index (κ1) is 22.2. The maximum absolute atomic E-state index is 12.7. The van der Waals surface area contributed by atoms with Crippen molar-refractivity contribution in [1.82, 2.24) is 0 Å². The van der Waals surface area contributed by atoms with Crippen LogP contribution in [0.15, 0.2) is 36.4 Å². The molecule has 0 bridgehead atoms. The highest BCUT2D eigenvalue weighted by Gasteiger charge is 2.50. The molecule has 1 fully saturated rings. The van der Waals surface area contributed by atoms with Crippen LogP contribution in [0.4, 0.5) is 10.5 Å². The highest BCUT2D eigenvalue weighted by molar-refractivity contribution is 6.33. The Morgan fingerprint density at radius 3 is 2.58 bits per heavy atom. The first-order chi connectivity index (χ1) is 14.6. The molecule has 1 amide bonds. The van der Waals surface area contributed by atoms with Crippen LogP contribution in [0.1, 0.15) is 82.9 Å². The van der Waals surface area contributed by atoms with Crippen molar-refractivity contribution < 1.29 is 9.53 Å². The Hall–Kier alpha value is -2.00. The van der Waals surface area contributed by atoms with Gasteiger partial charge in [-0.2, -0.15) is 0 Å². The lowest BCUT2D eigenvalue weighted by atomic mass is 9.50. The summed E-state index contributed by atoms with van der Waals surface area (Å²) in [6.07, 6.45) is 5.56. The summed E-state index contributed by atoms with van der Waals surface area (Å²) in [5, 5.41) is 3.27. The molecule has 4 rings (SSSR count). The number of anilines is 1. The number of halogens is 1. The molecule has 31 heavy (non-hydrogen) atoms. The van der Waals surface area contributed by atoms with Crippen molar-refractivity contribution >= 4 is 23.4 Å². The molecule has 3 nitrogen and oxygen atoms in total. The highest BCUT2D eigenvalue weighted by Crippen LogP contribution is 2.58. The number of hydrogen-bond acceptors (Lipinski definition) is 2. The fraction of sp³-hybridized carbons (Fsp3) is 0.519. The van der Waals surface area contributed by atoms with E-state index in [1.165, 1.54) is 42.4 Å². The van der Waals surface area contributed by atoms with E-state index in [-0.39, 0.29) is 11.3 Å². The minimum absolute atomic E-state index is 0.192. The zero-order chi connectivity index (χ0) is 22.4. The predicted molar refractivity (Wildman–Crippen MR) is 128 cm³/mol. The van der Waals surface area contributed by atoms with E-state index in [1.54, 1.807) is 12.1 Å². The number of hydrogen-bond donors (Lipinski definition) is 1. The molecule has 0 aliphatic heterocycles. The van der Waals surface area contributed by atoms with E-state index < -0.39 is 6.09 Å². The fourth-order valence-corrected chi connectivity index (χ4v) is 6.59. The summed E-state index contributed by atoms with van der Waals surface area (Å²) in [6.45, 7) is 11.7. The van der Waals surface area contributed by atoms with Gasteiger partial charge in [0, 0.05) is 5.56 Å². The number of fused-ring (bicyclic) bond motifs is 3. The Morgan fingerprint density at radius 2 is 1.87 bits per heavy atom. The third-order valence-corrected chi connectivity index (χ3v) is 8.07. The van der Waals surface area contributed by atoms with Gasteiger partial charge in [0.2, 0.25) is 0 Å². The van der Waals surface area contributed by atoms with Gasteiger partial charge in [0.05, 0.1) is 10.7 Å². The lowest BCUT2D eigenvalue weighted by Gasteiger charge is -2.54. The maximum Gasteiger partial charge on any atom is 0.417 e. The molecule has 0 saturated heterocycles. The van der Waals surface area contributed by atoms with Crippen molar-refractivity contribution in [3.05, 3.63) is 58.1 Å². The van der Waals surface area contributed by atoms with Crippen LogP contribution in [0.3, 0.4) is 0 Å². The molecule has 1 unspecified atom stereocenters. The van der Waals surface area contributed by atoms with Gasteiger partial charge < -0.3 is 4.74 Å². The average Bonchev–Trinajstić information content (AvgIpc) is 2.68. The number of benzene rings is 2. The van der Waals surface area contributed by atoms with E-state index in [9.17, 15) is 4.79 Å². The summed E-state index contributed by atoms with van der Waals surface area (Å²) in [6, 6.07) is 11.4. The molecular weight excluding hydrogens is 406 g/mol. The van der Waals surface area contributed by atoms with Crippen LogP contribution in [-0.2, 0) is 11.8 Å². The molecule has 0 heterocycles. The second kappa shape index (κ2) is 8.16. The van der Waals surface area contributed by atoms with Crippen molar-refractivity contribution in [1.29, 1.82) is 0 Å². The van der Waals surface area contributed by atoms with E-state index in [4.69, 9.17) is 16.3 Å². The molecule has 2 aliphatic carbocycles. The van der Waals surface area contributed by atoms with E-state index in [2.05, 4.69) is 46.0 Å². The summed E-state index contributed by atoms with van der Waals surface area (Å²) in [4.78, 5) is 12.7. The minimum atomic E-state index is -0.506. The van der Waals surface area contributed by atoms with E-state index in [1.807, 2.05) is 18.2 Å². The lowest BCUT2D eigenvalue weighted by Crippen LogP contribution is -2.48. The molecule has 2 aromatic carbocycles. The number of amides is 1. The van der Waals surface area contributed by atoms with Crippen LogP contribution in [0.25, 0.3) is 0 Å². The zero-order valence-corrected chi connectivity index (χ0v) is 20.1. The third-order valence-electron chi connectivity index (χ3n) is 7.74. The lowest BCUT2D eigenvalue weighted by molar-refractivity contribution is 0.0404. The monoisotopic (exact) mass is 439 g/mol. The molecule has 2 atom stereocenters. The summed E-state index contributed by atoms with van der Waals surface area (Å²) in [5.41, 5.74) is 5.16. The predicted octanol–water partition coefficient (Wildman–Crippen LogP) is 8.10. The number of ether oxygens (including phenoxy) is 1. The van der Waals surface area contributed by atoms with Crippen molar-refractivity contribution in [2.45, 2.75) is 78.1 Å². The van der Waals surface area contributed by atoms with Crippen LogP contribution in [-0.4, -0.2) is 6.09 Å². The topological polar surface area (TPSA) is 38.3 Å². The second-order valence-corrected chi connectivity index (χ2v) is 10.9. The second-order valence-electron chi connectivity index (χ2n) is 10.5. The van der Waals surface area contributed by atoms with Crippen molar-refractivity contribution in [2.75, 3.05) is 5.32 Å². The number of para-hydroxylation sites is 1. The third kappa shape index (κ3) is 3.98. The number of nitrogens with one attached hydrogen (secondary N) is 1. The normalized spacial score (nSPS) is 24.3. The Labute approximate surface area is 191 Å². The van der Waals surface area contributed by atoms with Gasteiger partial charge in [0.25, 0.3) is 0 Å². The van der Waals surface area contributed by atoms with Gasteiger partial charge in [-0.3, -0.25) is 5.32 Å². The van der Waals surface area contributed by atoms with Crippen LogP contribution in [0, 0.1) is 11.3 Å². The van der Waals surface area contributed by atoms with E-state index in [0.717, 1.165) is 6.42 Å². The van der Waals surface area contributed by atoms with Gasteiger partial charge >= 0.3 is 6.09 Å². The summed E-state index contributed by atoms with van der Waals surface area (Å²) in [5.74, 6) is 1.63. The van der Waals surface area contributed by atoms with Crippen molar-refractivity contribution in [3.8, 4) is 5.75 Å².